The predicted molar refractivity (Wildman–Crippen MR) is 48.7 cm³/mol. The van der Waals surface area contributed by atoms with Crippen molar-refractivity contribution in [1.29, 1.82) is 5.26 Å². The maximum absolute atomic E-state index is 12.3. The molecule has 0 aromatic heterocycles. The van der Waals surface area contributed by atoms with Gasteiger partial charge in [0.25, 0.3) is 0 Å². The highest BCUT2D eigenvalue weighted by Crippen LogP contribution is 2.30. The molecule has 0 aliphatic rings. The van der Waals surface area contributed by atoms with Gasteiger partial charge in [0, 0.05) is 0 Å². The minimum Gasteiger partial charge on any atom is -0.316 e. The Balaban J connectivity index is 2.96. The van der Waals surface area contributed by atoms with Crippen molar-refractivity contribution in [3.8, 4) is 6.07 Å². The second kappa shape index (κ2) is 4.32. The van der Waals surface area contributed by atoms with Gasteiger partial charge in [-0.3, -0.25) is 0 Å². The number of nitriles is 1. The predicted octanol–water partition coefficient (Wildman–Crippen LogP) is 2.31. The highest BCUT2D eigenvalue weighted by Gasteiger charge is 2.37. The van der Waals surface area contributed by atoms with E-state index in [-0.39, 0.29) is 12.0 Å². The van der Waals surface area contributed by atoms with Gasteiger partial charge in [0.1, 0.15) is 6.04 Å². The zero-order valence-electron chi connectivity index (χ0n) is 7.75. The van der Waals surface area contributed by atoms with E-state index in [1.807, 2.05) is 6.07 Å². The van der Waals surface area contributed by atoms with E-state index in [9.17, 15) is 13.2 Å². The number of rotatable bonds is 2. The molecule has 80 valence electrons. The summed E-state index contributed by atoms with van der Waals surface area (Å²) in [7, 11) is 0. The van der Waals surface area contributed by atoms with Crippen molar-refractivity contribution in [2.45, 2.75) is 18.6 Å². The molecule has 1 atom stereocenters. The van der Waals surface area contributed by atoms with Crippen molar-refractivity contribution < 1.29 is 13.2 Å². The van der Waals surface area contributed by atoms with Gasteiger partial charge in [-0.25, -0.2) is 0 Å². The van der Waals surface area contributed by atoms with Crippen LogP contribution in [0.3, 0.4) is 0 Å². The van der Waals surface area contributed by atoms with Gasteiger partial charge in [-0.15, -0.1) is 0 Å². The van der Waals surface area contributed by atoms with E-state index in [1.54, 1.807) is 6.07 Å². The van der Waals surface area contributed by atoms with Gasteiger partial charge in [-0.1, -0.05) is 24.3 Å². The number of alkyl halides is 3. The fourth-order valence-corrected chi connectivity index (χ4v) is 1.18. The van der Waals surface area contributed by atoms with E-state index in [0.717, 1.165) is 0 Å². The number of hydrogen-bond donors (Lipinski definition) is 1. The fraction of sp³-hybridized carbons (Fsp3) is 0.300. The first kappa shape index (κ1) is 11.5. The molecule has 0 bridgehead atoms. The van der Waals surface area contributed by atoms with Crippen LogP contribution < -0.4 is 5.73 Å². The number of halogens is 3. The van der Waals surface area contributed by atoms with Crippen LogP contribution in [0.4, 0.5) is 13.2 Å². The maximum atomic E-state index is 12.3. The molecule has 0 saturated heterocycles. The molecule has 0 aliphatic carbocycles. The summed E-state index contributed by atoms with van der Waals surface area (Å²) in [6.07, 6.45) is -4.37. The third-order valence-electron chi connectivity index (χ3n) is 1.95. The summed E-state index contributed by atoms with van der Waals surface area (Å²) in [6.45, 7) is 0. The van der Waals surface area contributed by atoms with Gasteiger partial charge < -0.3 is 5.73 Å². The highest BCUT2D eigenvalue weighted by molar-refractivity contribution is 5.28. The molecule has 0 aliphatic heterocycles. The molecule has 0 unspecified atom stereocenters. The summed E-state index contributed by atoms with van der Waals surface area (Å²) in [5, 5.41) is 8.41. The first-order chi connectivity index (χ1) is 6.95. The van der Waals surface area contributed by atoms with Crippen molar-refractivity contribution in [3.05, 3.63) is 35.4 Å². The van der Waals surface area contributed by atoms with Gasteiger partial charge >= 0.3 is 6.18 Å². The van der Waals surface area contributed by atoms with Crippen molar-refractivity contribution >= 4 is 0 Å². The first-order valence-electron chi connectivity index (χ1n) is 4.23. The van der Waals surface area contributed by atoms with Crippen molar-refractivity contribution in [2.75, 3.05) is 0 Å². The summed E-state index contributed by atoms with van der Waals surface area (Å²) in [6, 6.07) is 5.55. The topological polar surface area (TPSA) is 49.8 Å². The van der Waals surface area contributed by atoms with Gasteiger partial charge in [0.05, 0.1) is 12.5 Å². The fourth-order valence-electron chi connectivity index (χ4n) is 1.18. The summed E-state index contributed by atoms with van der Waals surface area (Å²) >= 11 is 0. The summed E-state index contributed by atoms with van der Waals surface area (Å²) < 4.78 is 36.8. The van der Waals surface area contributed by atoms with Crippen LogP contribution in [-0.4, -0.2) is 6.18 Å². The third-order valence-corrected chi connectivity index (χ3v) is 1.95. The Kier molecular flexibility index (Phi) is 3.32. The molecular weight excluding hydrogens is 205 g/mol. The zero-order chi connectivity index (χ0) is 11.5. The van der Waals surface area contributed by atoms with E-state index in [0.29, 0.717) is 5.56 Å². The minimum atomic E-state index is -4.45. The number of hydrogen-bond acceptors (Lipinski definition) is 2. The van der Waals surface area contributed by atoms with Gasteiger partial charge in [0.15, 0.2) is 0 Å². The molecule has 15 heavy (non-hydrogen) atoms. The molecular formula is C10H9F3N2. The van der Waals surface area contributed by atoms with Crippen LogP contribution in [-0.2, 0) is 6.42 Å². The van der Waals surface area contributed by atoms with E-state index in [4.69, 9.17) is 11.0 Å². The SMILES string of the molecule is N#CCc1cccc([C@@H](N)C(F)(F)F)c1. The molecule has 1 aromatic rings. The lowest BCUT2D eigenvalue weighted by Gasteiger charge is -2.16. The van der Waals surface area contributed by atoms with Crippen molar-refractivity contribution in [3.63, 3.8) is 0 Å². The number of nitrogens with two attached hydrogens (primary N) is 1. The Morgan fingerprint density at radius 3 is 2.60 bits per heavy atom. The molecule has 1 aromatic carbocycles. The third kappa shape index (κ3) is 2.96. The summed E-state index contributed by atoms with van der Waals surface area (Å²) in [5.74, 6) is 0. The highest BCUT2D eigenvalue weighted by atomic mass is 19.4. The van der Waals surface area contributed by atoms with Crippen LogP contribution in [0.5, 0.6) is 0 Å². The molecule has 2 N–H and O–H groups in total. The van der Waals surface area contributed by atoms with Gasteiger partial charge in [0.2, 0.25) is 0 Å². The van der Waals surface area contributed by atoms with Gasteiger partial charge in [-0.05, 0) is 11.1 Å². The lowest BCUT2D eigenvalue weighted by Crippen LogP contribution is -2.28. The molecule has 1 rings (SSSR count). The molecule has 0 fully saturated rings. The monoisotopic (exact) mass is 214 g/mol. The maximum Gasteiger partial charge on any atom is 0.407 e. The number of nitrogens with zero attached hydrogens (tertiary/aromatic N) is 1. The van der Waals surface area contributed by atoms with Crippen LogP contribution in [0.1, 0.15) is 17.2 Å². The zero-order valence-corrected chi connectivity index (χ0v) is 7.75. The largest absolute Gasteiger partial charge is 0.407 e. The average molecular weight is 214 g/mol. The Morgan fingerprint density at radius 2 is 2.07 bits per heavy atom. The van der Waals surface area contributed by atoms with Crippen molar-refractivity contribution in [2.24, 2.45) is 5.73 Å². The Bertz CT molecular complexity index is 379. The van der Waals surface area contributed by atoms with Gasteiger partial charge in [-0.2, -0.15) is 18.4 Å². The van der Waals surface area contributed by atoms with E-state index < -0.39 is 12.2 Å². The standard InChI is InChI=1S/C10H9F3N2/c11-10(12,13)9(15)8-3-1-2-7(6-8)4-5-14/h1-3,6,9H,4,15H2/t9-/m1/s1. The smallest absolute Gasteiger partial charge is 0.316 e. The molecule has 0 saturated carbocycles. The van der Waals surface area contributed by atoms with Crippen molar-refractivity contribution in [1.82, 2.24) is 0 Å². The van der Waals surface area contributed by atoms with E-state index >= 15 is 0 Å². The molecule has 0 heterocycles. The van der Waals surface area contributed by atoms with Crippen LogP contribution >= 0.6 is 0 Å². The second-order valence-electron chi connectivity index (χ2n) is 3.10. The Labute approximate surface area is 85.1 Å². The summed E-state index contributed by atoms with van der Waals surface area (Å²) in [4.78, 5) is 0. The van der Waals surface area contributed by atoms with E-state index in [2.05, 4.69) is 0 Å². The molecule has 2 nitrogen and oxygen atoms in total. The van der Waals surface area contributed by atoms with Crippen LogP contribution in [0.2, 0.25) is 0 Å². The lowest BCUT2D eigenvalue weighted by atomic mass is 10.0. The number of benzene rings is 1. The second-order valence-corrected chi connectivity index (χ2v) is 3.10. The Hall–Kier alpha value is -1.54. The quantitative estimate of drug-likeness (QED) is 0.821. The van der Waals surface area contributed by atoms with Crippen LogP contribution in [0, 0.1) is 11.3 Å². The molecule has 0 radical (unpaired) electrons. The van der Waals surface area contributed by atoms with Crippen LogP contribution in [0.15, 0.2) is 24.3 Å². The van der Waals surface area contributed by atoms with E-state index in [1.165, 1.54) is 18.2 Å². The first-order valence-corrected chi connectivity index (χ1v) is 4.23. The molecule has 0 amide bonds. The molecule has 0 spiro atoms. The lowest BCUT2D eigenvalue weighted by molar-refractivity contribution is -0.149. The minimum absolute atomic E-state index is 0.0183. The Morgan fingerprint density at radius 1 is 1.40 bits per heavy atom. The average Bonchev–Trinajstić information content (AvgIpc) is 2.16. The summed E-state index contributed by atoms with van der Waals surface area (Å²) in [5.41, 5.74) is 5.55. The van der Waals surface area contributed by atoms with Crippen LogP contribution in [0.25, 0.3) is 0 Å². The molecule has 5 heteroatoms. The normalized spacial score (nSPS) is 13.3.